The first-order chi connectivity index (χ1) is 19.8. The lowest BCUT2D eigenvalue weighted by molar-refractivity contribution is -0.438. The summed E-state index contributed by atoms with van der Waals surface area (Å²) < 4.78 is 43.3. The average Bonchev–Trinajstić information content (AvgIpc) is 3.18. The minimum atomic E-state index is -4.05. The van der Waals surface area contributed by atoms with Gasteiger partial charge in [0.2, 0.25) is 5.69 Å². The fourth-order valence-corrected chi connectivity index (χ4v) is 6.20. The average molecular weight is 628 g/mol. The molecule has 0 fully saturated rings. The fraction of sp³-hybridized carbons (Fsp3) is 0.407. The van der Waals surface area contributed by atoms with E-state index in [1.807, 2.05) is 54.7 Å². The minimum Gasteiger partial charge on any atom is -0.286 e. The highest BCUT2D eigenvalue weighted by atomic mass is 32.2. The van der Waals surface area contributed by atoms with Crippen LogP contribution in [0.5, 0.6) is 0 Å². The molecule has 0 aliphatic carbocycles. The Balaban J connectivity index is 1.90. The third-order valence-electron chi connectivity index (χ3n) is 6.65. The molecule has 11 nitrogen and oxygen atoms in total. The SMILES string of the molecule is CC1(CCCCS(=O)(=O)O)C(/C=C/CC=Nc2ccccc2)=[N+](CCCCSOOO)c2ccc(SOOO)cc21. The summed E-state index contributed by atoms with van der Waals surface area (Å²) in [7, 11) is -4.05. The summed E-state index contributed by atoms with van der Waals surface area (Å²) in [5.41, 5.74) is 3.48. The zero-order valence-corrected chi connectivity index (χ0v) is 25.1. The first-order valence-electron chi connectivity index (χ1n) is 13.0. The van der Waals surface area contributed by atoms with Crippen LogP contribution < -0.4 is 0 Å². The van der Waals surface area contributed by atoms with Crippen LogP contribution in [0.2, 0.25) is 0 Å². The lowest BCUT2D eigenvalue weighted by Gasteiger charge is -2.23. The molecular formula is C27H35N2O9S3+. The van der Waals surface area contributed by atoms with Gasteiger partial charge < -0.3 is 0 Å². The molecule has 2 aromatic carbocycles. The summed E-state index contributed by atoms with van der Waals surface area (Å²) in [5.74, 6) is 0.332. The van der Waals surface area contributed by atoms with Gasteiger partial charge in [0, 0.05) is 59.5 Å². The fourth-order valence-electron chi connectivity index (χ4n) is 4.80. The molecule has 224 valence electrons. The summed E-state index contributed by atoms with van der Waals surface area (Å²) in [4.78, 5) is 5.23. The third kappa shape index (κ3) is 10.6. The molecule has 0 aromatic heterocycles. The molecule has 41 heavy (non-hydrogen) atoms. The van der Waals surface area contributed by atoms with Crippen LogP contribution in [-0.4, -0.2) is 58.0 Å². The van der Waals surface area contributed by atoms with Gasteiger partial charge in [-0.05, 0) is 50.5 Å². The van der Waals surface area contributed by atoms with E-state index in [1.165, 1.54) is 0 Å². The van der Waals surface area contributed by atoms with Crippen LogP contribution in [0.4, 0.5) is 11.4 Å². The summed E-state index contributed by atoms with van der Waals surface area (Å²) in [6, 6.07) is 15.5. The molecule has 1 heterocycles. The van der Waals surface area contributed by atoms with E-state index >= 15 is 0 Å². The lowest BCUT2D eigenvalue weighted by Crippen LogP contribution is -2.31. The number of aliphatic imine (C=N–C) groups is 1. The smallest absolute Gasteiger partial charge is 0.264 e. The van der Waals surface area contributed by atoms with Gasteiger partial charge in [-0.25, -0.2) is 10.5 Å². The first kappa shape index (κ1) is 33.4. The van der Waals surface area contributed by atoms with Gasteiger partial charge in [0.25, 0.3) is 10.1 Å². The molecule has 0 radical (unpaired) electrons. The number of allylic oxidation sites excluding steroid dienone is 2. The van der Waals surface area contributed by atoms with Crippen LogP contribution in [0.3, 0.4) is 0 Å². The summed E-state index contributed by atoms with van der Waals surface area (Å²) in [5, 5.41) is 24.4. The second kappa shape index (κ2) is 17.1. The van der Waals surface area contributed by atoms with Crippen molar-refractivity contribution in [1.29, 1.82) is 0 Å². The molecular weight excluding hydrogens is 593 g/mol. The molecule has 0 saturated carbocycles. The van der Waals surface area contributed by atoms with Crippen molar-refractivity contribution >= 4 is 57.5 Å². The molecule has 14 heteroatoms. The molecule has 1 unspecified atom stereocenters. The van der Waals surface area contributed by atoms with Gasteiger partial charge in [-0.15, -0.1) is 8.67 Å². The number of para-hydroxylation sites is 1. The molecule has 2 aromatic rings. The topological polar surface area (TPSA) is 147 Å². The third-order valence-corrected chi connectivity index (χ3v) is 8.64. The van der Waals surface area contributed by atoms with Crippen molar-refractivity contribution in [2.24, 2.45) is 4.99 Å². The molecule has 3 N–H and O–H groups in total. The monoisotopic (exact) mass is 627 g/mol. The Morgan fingerprint density at radius 2 is 1.80 bits per heavy atom. The van der Waals surface area contributed by atoms with Crippen molar-refractivity contribution in [3.63, 3.8) is 0 Å². The van der Waals surface area contributed by atoms with E-state index in [-0.39, 0.29) is 5.75 Å². The van der Waals surface area contributed by atoms with Gasteiger partial charge >= 0.3 is 0 Å². The maximum absolute atomic E-state index is 11.3. The van der Waals surface area contributed by atoms with E-state index < -0.39 is 15.5 Å². The van der Waals surface area contributed by atoms with E-state index in [0.29, 0.717) is 38.0 Å². The zero-order valence-electron chi connectivity index (χ0n) is 22.6. The summed E-state index contributed by atoms with van der Waals surface area (Å²) in [6.07, 6.45) is 9.76. The molecule has 1 atom stereocenters. The van der Waals surface area contributed by atoms with Crippen LogP contribution in [-0.2, 0) is 34.3 Å². The van der Waals surface area contributed by atoms with E-state index in [9.17, 15) is 13.0 Å². The Hall–Kier alpha value is -2.11. The number of rotatable bonds is 19. The second-order valence-corrected chi connectivity index (χ2v) is 12.6. The van der Waals surface area contributed by atoms with Crippen molar-refractivity contribution in [2.45, 2.75) is 55.8 Å². The van der Waals surface area contributed by atoms with Gasteiger partial charge in [-0.2, -0.15) is 13.0 Å². The Labute approximate surface area is 248 Å². The highest BCUT2D eigenvalue weighted by Gasteiger charge is 2.47. The van der Waals surface area contributed by atoms with Gasteiger partial charge in [-0.1, -0.05) is 40.8 Å². The molecule has 0 bridgehead atoms. The quantitative estimate of drug-likeness (QED) is 0.0290. The first-order valence-corrected chi connectivity index (χ1v) is 16.3. The van der Waals surface area contributed by atoms with Crippen molar-refractivity contribution in [1.82, 2.24) is 0 Å². The summed E-state index contributed by atoms with van der Waals surface area (Å²) in [6.45, 7) is 2.83. The molecule has 0 saturated heterocycles. The van der Waals surface area contributed by atoms with Crippen LogP contribution in [0.15, 0.2) is 70.6 Å². The Kier molecular flexibility index (Phi) is 13.9. The molecule has 0 amide bonds. The standard InChI is InChI=1S/C27H34N2O9S3/c1-27(16-6-10-20-41(32,33)34)24-21-23(40-38-36-31)14-15-25(24)29(18-8-9-19-39-37-35-30)26(27)13-5-7-17-28-22-11-3-2-4-12-22/h2-5,11-15,17,21H,6-10,16,18-20H2,1H3,(H2-,30,31,32,33,34)/p+1/b13-5+,28-17?. The van der Waals surface area contributed by atoms with Gasteiger partial charge in [0.1, 0.15) is 6.54 Å². The van der Waals surface area contributed by atoms with Crippen molar-refractivity contribution in [3.05, 3.63) is 66.2 Å². The second-order valence-electron chi connectivity index (χ2n) is 9.47. The predicted octanol–water partition coefficient (Wildman–Crippen LogP) is 6.73. The van der Waals surface area contributed by atoms with Crippen molar-refractivity contribution < 1.29 is 46.8 Å². The van der Waals surface area contributed by atoms with Crippen molar-refractivity contribution in [2.75, 3.05) is 18.1 Å². The van der Waals surface area contributed by atoms with Crippen LogP contribution >= 0.6 is 24.1 Å². The highest BCUT2D eigenvalue weighted by molar-refractivity contribution is 7.94. The van der Waals surface area contributed by atoms with Crippen LogP contribution in [0, 0.1) is 0 Å². The molecule has 3 rings (SSSR count). The maximum Gasteiger partial charge on any atom is 0.264 e. The Morgan fingerprint density at radius 3 is 2.54 bits per heavy atom. The van der Waals surface area contributed by atoms with Crippen LogP contribution in [0.25, 0.3) is 0 Å². The molecule has 0 spiro atoms. The van der Waals surface area contributed by atoms with Crippen LogP contribution in [0.1, 0.15) is 51.0 Å². The number of nitrogens with zero attached hydrogens (tertiary/aromatic N) is 2. The number of unbranched alkanes of at least 4 members (excludes halogenated alkanes) is 2. The number of fused-ring (bicyclic) bond motifs is 1. The van der Waals surface area contributed by atoms with Gasteiger partial charge in [0.15, 0.2) is 5.71 Å². The lowest BCUT2D eigenvalue weighted by atomic mass is 9.75. The normalized spacial score (nSPS) is 17.3. The zero-order chi connectivity index (χ0) is 29.6. The number of hydrogen-bond donors (Lipinski definition) is 3. The van der Waals surface area contributed by atoms with E-state index in [1.54, 1.807) is 0 Å². The van der Waals surface area contributed by atoms with Crippen molar-refractivity contribution in [3.8, 4) is 0 Å². The molecule has 1 aliphatic heterocycles. The van der Waals surface area contributed by atoms with Gasteiger partial charge in [-0.3, -0.25) is 9.55 Å². The van der Waals surface area contributed by atoms with E-state index in [0.717, 1.165) is 64.5 Å². The predicted molar refractivity (Wildman–Crippen MR) is 159 cm³/mol. The van der Waals surface area contributed by atoms with Gasteiger partial charge in [0.05, 0.1) is 28.9 Å². The van der Waals surface area contributed by atoms with E-state index in [4.69, 9.17) is 10.5 Å². The Morgan fingerprint density at radius 1 is 1.02 bits per heavy atom. The largest absolute Gasteiger partial charge is 0.286 e. The maximum atomic E-state index is 11.3. The molecule has 1 aliphatic rings. The Bertz CT molecular complexity index is 1300. The number of hydrogen-bond acceptors (Lipinski definition) is 11. The summed E-state index contributed by atoms with van der Waals surface area (Å²) >= 11 is 1.90. The number of benzene rings is 2. The van der Waals surface area contributed by atoms with E-state index in [2.05, 4.69) is 47.4 Å². The highest BCUT2D eigenvalue weighted by Crippen LogP contribution is 2.45. The minimum absolute atomic E-state index is 0.296.